The van der Waals surface area contributed by atoms with Crippen LogP contribution in [0.25, 0.3) is 0 Å². The number of halogens is 1. The van der Waals surface area contributed by atoms with Gasteiger partial charge in [-0.3, -0.25) is 5.32 Å². The van der Waals surface area contributed by atoms with Gasteiger partial charge in [0.1, 0.15) is 11.6 Å². The van der Waals surface area contributed by atoms with Crippen LogP contribution in [-0.2, 0) is 0 Å². The molecule has 2 rings (SSSR count). The van der Waals surface area contributed by atoms with Gasteiger partial charge in [-0.2, -0.15) is 0 Å². The molecule has 0 aliphatic carbocycles. The normalized spacial score (nSPS) is 10.1. The largest absolute Gasteiger partial charge is 0.324 e. The Morgan fingerprint density at radius 2 is 1.95 bits per heavy atom. The summed E-state index contributed by atoms with van der Waals surface area (Å²) in [4.78, 5) is 15.9. The summed E-state index contributed by atoms with van der Waals surface area (Å²) in [6.07, 6.45) is 0. The molecule has 19 heavy (non-hydrogen) atoms. The maximum Gasteiger partial charge on any atom is 0.324 e. The highest BCUT2D eigenvalue weighted by Crippen LogP contribution is 2.11. The summed E-state index contributed by atoms with van der Waals surface area (Å²) in [6, 6.07) is 8.91. The van der Waals surface area contributed by atoms with Crippen molar-refractivity contribution in [3.05, 3.63) is 53.5 Å². The van der Waals surface area contributed by atoms with Crippen molar-refractivity contribution in [1.29, 1.82) is 0 Å². The van der Waals surface area contributed by atoms with Crippen LogP contribution in [-0.4, -0.2) is 11.0 Å². The number of amides is 2. The summed E-state index contributed by atoms with van der Waals surface area (Å²) in [6.45, 7) is 3.77. The Labute approximate surface area is 110 Å². The first-order chi connectivity index (χ1) is 9.02. The number of carbonyl (C=O) groups excluding carboxylic acids is 1. The molecule has 2 amide bonds. The molecule has 98 valence electrons. The third-order valence-electron chi connectivity index (χ3n) is 2.42. The van der Waals surface area contributed by atoms with Crippen LogP contribution in [0.5, 0.6) is 0 Å². The summed E-state index contributed by atoms with van der Waals surface area (Å²) in [7, 11) is 0. The molecule has 0 radical (unpaired) electrons. The standard InChI is InChI=1S/C14H14FN3O/c1-9-6-10(2)16-13(7-9)18-14(19)17-12-5-3-4-11(15)8-12/h3-8H,1-2H3,(H2,16,17,18,19). The number of hydrogen-bond acceptors (Lipinski definition) is 2. The number of anilines is 2. The predicted molar refractivity (Wildman–Crippen MR) is 72.8 cm³/mol. The molecule has 5 heteroatoms. The second kappa shape index (κ2) is 5.48. The molecule has 0 spiro atoms. The number of hydrogen-bond donors (Lipinski definition) is 2. The van der Waals surface area contributed by atoms with Gasteiger partial charge in [0.25, 0.3) is 0 Å². The highest BCUT2D eigenvalue weighted by molar-refractivity contribution is 5.99. The minimum Gasteiger partial charge on any atom is -0.308 e. The monoisotopic (exact) mass is 259 g/mol. The smallest absolute Gasteiger partial charge is 0.308 e. The predicted octanol–water partition coefficient (Wildman–Crippen LogP) is 3.48. The van der Waals surface area contributed by atoms with E-state index in [9.17, 15) is 9.18 Å². The summed E-state index contributed by atoms with van der Waals surface area (Å²) in [5.74, 6) is 0.0636. The molecule has 0 saturated carbocycles. The number of aromatic nitrogens is 1. The van der Waals surface area contributed by atoms with Gasteiger partial charge in [0.15, 0.2) is 0 Å². The topological polar surface area (TPSA) is 54.0 Å². The van der Waals surface area contributed by atoms with E-state index in [1.807, 2.05) is 19.9 Å². The molecular formula is C14H14FN3O. The molecule has 0 bridgehead atoms. The molecule has 0 unspecified atom stereocenters. The van der Waals surface area contributed by atoms with Crippen LogP contribution in [0.3, 0.4) is 0 Å². The van der Waals surface area contributed by atoms with Crippen molar-refractivity contribution < 1.29 is 9.18 Å². The average Bonchev–Trinajstić information content (AvgIpc) is 2.26. The molecule has 2 aromatic rings. The summed E-state index contributed by atoms with van der Waals surface area (Å²) in [5, 5.41) is 5.15. The molecule has 1 aromatic heterocycles. The van der Waals surface area contributed by atoms with Crippen LogP contribution in [0, 0.1) is 19.7 Å². The van der Waals surface area contributed by atoms with E-state index in [2.05, 4.69) is 15.6 Å². The summed E-state index contributed by atoms with van der Waals surface area (Å²) >= 11 is 0. The van der Waals surface area contributed by atoms with Crippen LogP contribution in [0.4, 0.5) is 20.7 Å². The molecule has 0 fully saturated rings. The maximum atomic E-state index is 13.0. The number of benzene rings is 1. The third-order valence-corrected chi connectivity index (χ3v) is 2.42. The van der Waals surface area contributed by atoms with E-state index in [1.54, 1.807) is 12.1 Å². The van der Waals surface area contributed by atoms with Gasteiger partial charge in [-0.15, -0.1) is 0 Å². The van der Waals surface area contributed by atoms with Gasteiger partial charge in [-0.25, -0.2) is 14.2 Å². The SMILES string of the molecule is Cc1cc(C)nc(NC(=O)Nc2cccc(F)c2)c1. The van der Waals surface area contributed by atoms with Crippen LogP contribution in [0.1, 0.15) is 11.3 Å². The van der Waals surface area contributed by atoms with E-state index in [1.165, 1.54) is 18.2 Å². The van der Waals surface area contributed by atoms with Gasteiger partial charge in [0.05, 0.1) is 0 Å². The van der Waals surface area contributed by atoms with Crippen molar-refractivity contribution in [2.75, 3.05) is 10.6 Å². The quantitative estimate of drug-likeness (QED) is 0.867. The van der Waals surface area contributed by atoms with Crippen molar-refractivity contribution in [2.45, 2.75) is 13.8 Å². The Kier molecular flexibility index (Phi) is 3.75. The molecule has 0 aliphatic heterocycles. The number of carbonyl (C=O) groups is 1. The maximum absolute atomic E-state index is 13.0. The fourth-order valence-electron chi connectivity index (χ4n) is 1.75. The first kappa shape index (κ1) is 13.0. The van der Waals surface area contributed by atoms with E-state index in [0.29, 0.717) is 11.5 Å². The zero-order chi connectivity index (χ0) is 13.8. The summed E-state index contributed by atoms with van der Waals surface area (Å²) < 4.78 is 13.0. The third kappa shape index (κ3) is 3.77. The summed E-state index contributed by atoms with van der Waals surface area (Å²) in [5.41, 5.74) is 2.22. The van der Waals surface area contributed by atoms with Gasteiger partial charge in [-0.1, -0.05) is 6.07 Å². The lowest BCUT2D eigenvalue weighted by Crippen LogP contribution is -2.20. The highest BCUT2D eigenvalue weighted by Gasteiger charge is 2.05. The van der Waals surface area contributed by atoms with Crippen molar-refractivity contribution >= 4 is 17.5 Å². The molecule has 1 aromatic carbocycles. The molecule has 1 heterocycles. The zero-order valence-electron chi connectivity index (χ0n) is 10.7. The number of aryl methyl sites for hydroxylation is 2. The van der Waals surface area contributed by atoms with Gasteiger partial charge in [0.2, 0.25) is 0 Å². The van der Waals surface area contributed by atoms with Crippen LogP contribution >= 0.6 is 0 Å². The Bertz CT molecular complexity index is 593. The van der Waals surface area contributed by atoms with E-state index in [-0.39, 0.29) is 0 Å². The lowest BCUT2D eigenvalue weighted by Gasteiger charge is -2.08. The zero-order valence-corrected chi connectivity index (χ0v) is 10.7. The van der Waals surface area contributed by atoms with E-state index < -0.39 is 11.8 Å². The van der Waals surface area contributed by atoms with Gasteiger partial charge in [0, 0.05) is 11.4 Å². The van der Waals surface area contributed by atoms with Crippen molar-refractivity contribution in [3.8, 4) is 0 Å². The molecular weight excluding hydrogens is 245 g/mol. The highest BCUT2D eigenvalue weighted by atomic mass is 19.1. The second-order valence-corrected chi connectivity index (χ2v) is 4.26. The van der Waals surface area contributed by atoms with Crippen molar-refractivity contribution in [2.24, 2.45) is 0 Å². The van der Waals surface area contributed by atoms with Gasteiger partial charge >= 0.3 is 6.03 Å². The Morgan fingerprint density at radius 3 is 2.63 bits per heavy atom. The second-order valence-electron chi connectivity index (χ2n) is 4.26. The number of nitrogens with one attached hydrogen (secondary N) is 2. The lowest BCUT2D eigenvalue weighted by atomic mass is 10.2. The molecule has 0 aliphatic rings. The average molecular weight is 259 g/mol. The Morgan fingerprint density at radius 1 is 1.16 bits per heavy atom. The van der Waals surface area contributed by atoms with E-state index in [4.69, 9.17) is 0 Å². The first-order valence-corrected chi connectivity index (χ1v) is 5.82. The van der Waals surface area contributed by atoms with Gasteiger partial charge in [-0.05, 0) is 49.7 Å². The lowest BCUT2D eigenvalue weighted by molar-refractivity contribution is 0.262. The minimum absolute atomic E-state index is 0.391. The number of rotatable bonds is 2. The minimum atomic E-state index is -0.455. The Hall–Kier alpha value is -2.43. The van der Waals surface area contributed by atoms with Gasteiger partial charge < -0.3 is 5.32 Å². The fourth-order valence-corrected chi connectivity index (χ4v) is 1.75. The molecule has 4 nitrogen and oxygen atoms in total. The number of urea groups is 1. The van der Waals surface area contributed by atoms with Crippen LogP contribution in [0.2, 0.25) is 0 Å². The number of nitrogens with zero attached hydrogens (tertiary/aromatic N) is 1. The fraction of sp³-hybridized carbons (Fsp3) is 0.143. The van der Waals surface area contributed by atoms with Crippen LogP contribution < -0.4 is 10.6 Å². The van der Waals surface area contributed by atoms with Crippen LogP contribution in [0.15, 0.2) is 36.4 Å². The van der Waals surface area contributed by atoms with Crippen molar-refractivity contribution in [1.82, 2.24) is 4.98 Å². The number of pyridine rings is 1. The first-order valence-electron chi connectivity index (χ1n) is 5.82. The van der Waals surface area contributed by atoms with Crippen molar-refractivity contribution in [3.63, 3.8) is 0 Å². The molecule has 0 atom stereocenters. The molecule has 2 N–H and O–H groups in total. The Balaban J connectivity index is 2.05. The molecule has 0 saturated heterocycles. The van der Waals surface area contributed by atoms with E-state index in [0.717, 1.165) is 11.3 Å². The van der Waals surface area contributed by atoms with E-state index >= 15 is 0 Å².